The standard InChI is InChI=1S/C17H20BrNO4/c1-3-22-15(20)17(2)14(11-18)9-10-19(17)16(21)23-12-13-7-5-4-6-8-13/h4-8,11H,3,9-10,12H2,1-2H3/b14-11-/t17-/m1/s1. The minimum absolute atomic E-state index is 0.169. The molecule has 1 amide bonds. The van der Waals surface area contributed by atoms with Gasteiger partial charge in [-0.2, -0.15) is 0 Å². The molecule has 0 aliphatic carbocycles. The van der Waals surface area contributed by atoms with E-state index in [0.717, 1.165) is 11.1 Å². The third-order valence-corrected chi connectivity index (χ3v) is 4.55. The Balaban J connectivity index is 2.13. The summed E-state index contributed by atoms with van der Waals surface area (Å²) in [5.41, 5.74) is 0.564. The van der Waals surface area contributed by atoms with Gasteiger partial charge in [-0.1, -0.05) is 46.3 Å². The van der Waals surface area contributed by atoms with Crippen LogP contribution >= 0.6 is 15.9 Å². The van der Waals surface area contributed by atoms with Crippen LogP contribution in [0.4, 0.5) is 4.79 Å². The minimum Gasteiger partial charge on any atom is -0.464 e. The van der Waals surface area contributed by atoms with Crippen LogP contribution in [0.25, 0.3) is 0 Å². The van der Waals surface area contributed by atoms with Gasteiger partial charge in [0.15, 0.2) is 5.54 Å². The van der Waals surface area contributed by atoms with Crippen LogP contribution in [0.3, 0.4) is 0 Å². The van der Waals surface area contributed by atoms with Crippen LogP contribution in [-0.2, 0) is 20.9 Å². The van der Waals surface area contributed by atoms with Gasteiger partial charge < -0.3 is 9.47 Å². The van der Waals surface area contributed by atoms with Crippen molar-refractivity contribution in [1.29, 1.82) is 0 Å². The summed E-state index contributed by atoms with van der Waals surface area (Å²) in [5.74, 6) is -0.445. The molecule has 1 saturated heterocycles. The Morgan fingerprint density at radius 3 is 2.61 bits per heavy atom. The van der Waals surface area contributed by atoms with E-state index in [1.807, 2.05) is 30.3 Å². The summed E-state index contributed by atoms with van der Waals surface area (Å²) in [4.78, 5) is 28.0. The van der Waals surface area contributed by atoms with Crippen molar-refractivity contribution in [1.82, 2.24) is 4.90 Å². The van der Waals surface area contributed by atoms with Gasteiger partial charge in [-0.05, 0) is 36.4 Å². The van der Waals surface area contributed by atoms with Gasteiger partial charge in [0, 0.05) is 6.54 Å². The van der Waals surface area contributed by atoms with Crippen LogP contribution in [0.2, 0.25) is 0 Å². The van der Waals surface area contributed by atoms with Crippen molar-refractivity contribution in [3.63, 3.8) is 0 Å². The predicted octanol–water partition coefficient (Wildman–Crippen LogP) is 3.63. The Hall–Kier alpha value is -1.82. The van der Waals surface area contributed by atoms with Gasteiger partial charge in [-0.25, -0.2) is 9.59 Å². The molecule has 1 aromatic carbocycles. The third-order valence-electron chi connectivity index (χ3n) is 4.00. The first-order chi connectivity index (χ1) is 11.0. The highest BCUT2D eigenvalue weighted by molar-refractivity contribution is 9.11. The summed E-state index contributed by atoms with van der Waals surface area (Å²) in [5, 5.41) is 0. The molecule has 0 aromatic heterocycles. The SMILES string of the molecule is CCOC(=O)[C@@]1(C)/C(=C\Br)CCN1C(=O)OCc1ccccc1. The van der Waals surface area contributed by atoms with Gasteiger partial charge >= 0.3 is 12.1 Å². The number of carbonyl (C=O) groups is 2. The lowest BCUT2D eigenvalue weighted by Crippen LogP contribution is -2.52. The average molecular weight is 382 g/mol. The number of likely N-dealkylation sites (tertiary alicyclic amines) is 1. The maximum atomic E-state index is 12.5. The predicted molar refractivity (Wildman–Crippen MR) is 90.0 cm³/mol. The molecule has 1 heterocycles. The molecule has 0 N–H and O–H groups in total. The van der Waals surface area contributed by atoms with Crippen molar-refractivity contribution in [2.75, 3.05) is 13.2 Å². The Kier molecular flexibility index (Phi) is 5.82. The number of hydrogen-bond acceptors (Lipinski definition) is 4. The number of esters is 1. The zero-order valence-electron chi connectivity index (χ0n) is 13.3. The molecular weight excluding hydrogens is 362 g/mol. The number of rotatable bonds is 4. The molecule has 1 aliphatic heterocycles. The smallest absolute Gasteiger partial charge is 0.411 e. The van der Waals surface area contributed by atoms with Crippen LogP contribution in [0.15, 0.2) is 40.9 Å². The lowest BCUT2D eigenvalue weighted by atomic mass is 9.94. The molecule has 124 valence electrons. The quantitative estimate of drug-likeness (QED) is 0.747. The number of amides is 1. The fraction of sp³-hybridized carbons (Fsp3) is 0.412. The minimum atomic E-state index is -1.13. The topological polar surface area (TPSA) is 55.8 Å². The molecular formula is C17H20BrNO4. The van der Waals surface area contributed by atoms with E-state index >= 15 is 0 Å². The summed E-state index contributed by atoms with van der Waals surface area (Å²) >= 11 is 3.27. The first kappa shape index (κ1) is 17.5. The van der Waals surface area contributed by atoms with Crippen LogP contribution in [0.1, 0.15) is 25.8 Å². The molecule has 1 fully saturated rings. The number of benzene rings is 1. The van der Waals surface area contributed by atoms with E-state index < -0.39 is 17.6 Å². The van der Waals surface area contributed by atoms with Gasteiger partial charge in [0.1, 0.15) is 6.61 Å². The van der Waals surface area contributed by atoms with Crippen molar-refractivity contribution >= 4 is 28.0 Å². The monoisotopic (exact) mass is 381 g/mol. The van der Waals surface area contributed by atoms with Crippen molar-refractivity contribution in [3.05, 3.63) is 46.5 Å². The third kappa shape index (κ3) is 3.58. The zero-order chi connectivity index (χ0) is 16.9. The molecule has 1 aromatic rings. The number of nitrogens with zero attached hydrogens (tertiary/aromatic N) is 1. The molecule has 5 nitrogen and oxygen atoms in total. The fourth-order valence-electron chi connectivity index (χ4n) is 2.62. The summed E-state index contributed by atoms with van der Waals surface area (Å²) in [6, 6.07) is 9.43. The van der Waals surface area contributed by atoms with Crippen molar-refractivity contribution in [2.24, 2.45) is 0 Å². The van der Waals surface area contributed by atoms with Crippen molar-refractivity contribution in [3.8, 4) is 0 Å². The molecule has 0 saturated carbocycles. The van der Waals surface area contributed by atoms with Crippen LogP contribution in [-0.4, -0.2) is 35.7 Å². The number of ether oxygens (including phenoxy) is 2. The molecule has 2 rings (SSSR count). The Labute approximate surface area is 144 Å². The van der Waals surface area contributed by atoms with E-state index in [4.69, 9.17) is 9.47 Å². The van der Waals surface area contributed by atoms with E-state index in [2.05, 4.69) is 15.9 Å². The Morgan fingerprint density at radius 2 is 2.00 bits per heavy atom. The summed E-state index contributed by atoms with van der Waals surface area (Å²) in [6.45, 7) is 4.28. The molecule has 1 aliphatic rings. The summed E-state index contributed by atoms with van der Waals surface area (Å²) < 4.78 is 10.5. The van der Waals surface area contributed by atoms with Crippen molar-refractivity contribution < 1.29 is 19.1 Å². The molecule has 0 radical (unpaired) electrons. The number of carbonyl (C=O) groups excluding carboxylic acids is 2. The van der Waals surface area contributed by atoms with E-state index in [-0.39, 0.29) is 13.2 Å². The lowest BCUT2D eigenvalue weighted by Gasteiger charge is -2.32. The highest BCUT2D eigenvalue weighted by atomic mass is 79.9. The second-order valence-electron chi connectivity index (χ2n) is 5.37. The molecule has 0 spiro atoms. The number of halogens is 1. The second-order valence-corrected chi connectivity index (χ2v) is 5.83. The molecule has 1 atom stereocenters. The first-order valence-electron chi connectivity index (χ1n) is 7.49. The van der Waals surface area contributed by atoms with Gasteiger partial charge in [-0.15, -0.1) is 0 Å². The van der Waals surface area contributed by atoms with Gasteiger partial charge in [0.05, 0.1) is 6.61 Å². The maximum absolute atomic E-state index is 12.5. The van der Waals surface area contributed by atoms with Gasteiger partial charge in [-0.3, -0.25) is 4.90 Å². The fourth-order valence-corrected chi connectivity index (χ4v) is 3.29. The van der Waals surface area contributed by atoms with E-state index in [9.17, 15) is 9.59 Å². The van der Waals surface area contributed by atoms with Gasteiger partial charge in [0.25, 0.3) is 0 Å². The second kappa shape index (κ2) is 7.64. The van der Waals surface area contributed by atoms with E-state index in [0.29, 0.717) is 13.0 Å². The first-order valence-corrected chi connectivity index (χ1v) is 8.40. The summed E-state index contributed by atoms with van der Waals surface area (Å²) in [7, 11) is 0. The van der Waals surface area contributed by atoms with E-state index in [1.54, 1.807) is 18.8 Å². The van der Waals surface area contributed by atoms with Crippen molar-refractivity contribution in [2.45, 2.75) is 32.4 Å². The highest BCUT2D eigenvalue weighted by Crippen LogP contribution is 2.36. The lowest BCUT2D eigenvalue weighted by molar-refractivity contribution is -0.152. The van der Waals surface area contributed by atoms with Crippen LogP contribution < -0.4 is 0 Å². The highest BCUT2D eigenvalue weighted by Gasteiger charge is 2.51. The summed E-state index contributed by atoms with van der Waals surface area (Å²) in [6.07, 6.45) is 0.0785. The number of hydrogen-bond donors (Lipinski definition) is 0. The largest absolute Gasteiger partial charge is 0.464 e. The Bertz CT molecular complexity index is 602. The molecule has 0 unspecified atom stereocenters. The maximum Gasteiger partial charge on any atom is 0.411 e. The van der Waals surface area contributed by atoms with E-state index in [1.165, 1.54) is 4.90 Å². The van der Waals surface area contributed by atoms with Crippen LogP contribution in [0.5, 0.6) is 0 Å². The zero-order valence-corrected chi connectivity index (χ0v) is 14.8. The molecule has 0 bridgehead atoms. The average Bonchev–Trinajstić information content (AvgIpc) is 2.91. The molecule has 23 heavy (non-hydrogen) atoms. The normalized spacial score (nSPS) is 22.2. The van der Waals surface area contributed by atoms with Gasteiger partial charge in [0.2, 0.25) is 0 Å². The Morgan fingerprint density at radius 1 is 1.30 bits per heavy atom. The molecule has 6 heteroatoms. The van der Waals surface area contributed by atoms with Crippen LogP contribution in [0, 0.1) is 0 Å².